The second-order valence-electron chi connectivity index (χ2n) is 3.87. The fourth-order valence-corrected chi connectivity index (χ4v) is 1.38. The summed E-state index contributed by atoms with van der Waals surface area (Å²) < 4.78 is 0. The first-order valence-corrected chi connectivity index (χ1v) is 5.57. The van der Waals surface area contributed by atoms with Gasteiger partial charge in [0.2, 0.25) is 5.91 Å². The Morgan fingerprint density at radius 2 is 2.33 bits per heavy atom. The minimum atomic E-state index is -0.502. The summed E-state index contributed by atoms with van der Waals surface area (Å²) in [6.45, 7) is 4.17. The minimum Gasteiger partial charge on any atom is -0.358 e. The van der Waals surface area contributed by atoms with Gasteiger partial charge in [-0.25, -0.2) is 4.98 Å². The van der Waals surface area contributed by atoms with Gasteiger partial charge in [-0.15, -0.1) is 0 Å². The molecule has 0 saturated carbocycles. The van der Waals surface area contributed by atoms with E-state index in [0.717, 1.165) is 0 Å². The maximum Gasteiger partial charge on any atom is 0.274 e. The number of aromatic nitrogens is 1. The van der Waals surface area contributed by atoms with Gasteiger partial charge in [-0.05, 0) is 13.8 Å². The molecule has 98 valence electrons. The molecule has 0 fully saturated rings. The van der Waals surface area contributed by atoms with Crippen molar-refractivity contribution in [3.05, 3.63) is 28.4 Å². The Hall–Kier alpha value is -2.18. The molecule has 1 atom stereocenters. The highest BCUT2D eigenvalue weighted by molar-refractivity contribution is 5.83. The van der Waals surface area contributed by atoms with Gasteiger partial charge in [0.1, 0.15) is 11.9 Å². The number of nitrogens with zero attached hydrogens (tertiary/aromatic N) is 3. The number of carbonyl (C=O) groups excluding carboxylic acids is 1. The smallest absolute Gasteiger partial charge is 0.274 e. The standard InChI is InChI=1S/C11H16N4O3/c1-4-14(3)11(16)8(2)13-10-7-9(15(17)18)5-6-12-10/h5-8H,4H2,1-3H3,(H,12,13). The lowest BCUT2D eigenvalue weighted by Gasteiger charge is -2.20. The maximum absolute atomic E-state index is 11.8. The SMILES string of the molecule is CCN(C)C(=O)C(C)Nc1cc([N+](=O)[O-])ccn1. The van der Waals surface area contributed by atoms with Crippen LogP contribution in [-0.4, -0.2) is 40.3 Å². The number of hydrogen-bond donors (Lipinski definition) is 1. The van der Waals surface area contributed by atoms with E-state index >= 15 is 0 Å². The first-order valence-electron chi connectivity index (χ1n) is 5.57. The lowest BCUT2D eigenvalue weighted by Crippen LogP contribution is -2.39. The van der Waals surface area contributed by atoms with E-state index < -0.39 is 11.0 Å². The summed E-state index contributed by atoms with van der Waals surface area (Å²) in [5, 5.41) is 13.4. The van der Waals surface area contributed by atoms with E-state index in [1.165, 1.54) is 18.3 Å². The predicted octanol–water partition coefficient (Wildman–Crippen LogP) is 1.27. The number of hydrogen-bond acceptors (Lipinski definition) is 5. The Morgan fingerprint density at radius 1 is 1.67 bits per heavy atom. The zero-order chi connectivity index (χ0) is 13.7. The Labute approximate surface area is 105 Å². The van der Waals surface area contributed by atoms with Crippen LogP contribution in [0.1, 0.15) is 13.8 Å². The van der Waals surface area contributed by atoms with Gasteiger partial charge in [0.15, 0.2) is 0 Å². The van der Waals surface area contributed by atoms with Crippen LogP contribution in [0.3, 0.4) is 0 Å². The van der Waals surface area contributed by atoms with Crippen LogP contribution in [0.25, 0.3) is 0 Å². The van der Waals surface area contributed by atoms with E-state index in [2.05, 4.69) is 10.3 Å². The topological polar surface area (TPSA) is 88.4 Å². The quantitative estimate of drug-likeness (QED) is 0.629. The molecular formula is C11H16N4O3. The van der Waals surface area contributed by atoms with E-state index in [0.29, 0.717) is 12.4 Å². The van der Waals surface area contributed by atoms with Gasteiger partial charge in [-0.3, -0.25) is 14.9 Å². The largest absolute Gasteiger partial charge is 0.358 e. The van der Waals surface area contributed by atoms with Gasteiger partial charge in [-0.2, -0.15) is 0 Å². The van der Waals surface area contributed by atoms with E-state index in [9.17, 15) is 14.9 Å². The minimum absolute atomic E-state index is 0.0593. The van der Waals surface area contributed by atoms with Gasteiger partial charge >= 0.3 is 0 Å². The fourth-order valence-electron chi connectivity index (χ4n) is 1.38. The average Bonchev–Trinajstić information content (AvgIpc) is 2.37. The summed E-state index contributed by atoms with van der Waals surface area (Å²) in [4.78, 5) is 27.4. The monoisotopic (exact) mass is 252 g/mol. The van der Waals surface area contributed by atoms with Crippen LogP contribution in [0.4, 0.5) is 11.5 Å². The molecule has 7 heteroatoms. The first kappa shape index (κ1) is 13.9. The summed E-state index contributed by atoms with van der Waals surface area (Å²) >= 11 is 0. The van der Waals surface area contributed by atoms with Crippen LogP contribution < -0.4 is 5.32 Å². The third-order valence-corrected chi connectivity index (χ3v) is 2.54. The third kappa shape index (κ3) is 3.41. The highest BCUT2D eigenvalue weighted by atomic mass is 16.6. The summed E-state index contributed by atoms with van der Waals surface area (Å²) in [7, 11) is 1.70. The number of carbonyl (C=O) groups is 1. The molecule has 1 unspecified atom stereocenters. The molecule has 0 spiro atoms. The van der Waals surface area contributed by atoms with Crippen molar-refractivity contribution in [1.29, 1.82) is 0 Å². The normalized spacial score (nSPS) is 11.7. The van der Waals surface area contributed by atoms with Gasteiger partial charge < -0.3 is 10.2 Å². The molecule has 0 aliphatic rings. The first-order chi connectivity index (χ1) is 8.45. The average molecular weight is 252 g/mol. The zero-order valence-electron chi connectivity index (χ0n) is 10.6. The number of anilines is 1. The van der Waals surface area contributed by atoms with Gasteiger partial charge in [0.05, 0.1) is 11.0 Å². The van der Waals surface area contributed by atoms with Crippen molar-refractivity contribution < 1.29 is 9.72 Å². The molecule has 0 bridgehead atoms. The number of nitro groups is 1. The molecule has 1 N–H and O–H groups in total. The number of nitrogens with one attached hydrogen (secondary N) is 1. The van der Waals surface area contributed by atoms with Gasteiger partial charge in [0.25, 0.3) is 5.69 Å². The molecule has 1 aromatic heterocycles. The molecule has 0 saturated heterocycles. The van der Waals surface area contributed by atoms with Crippen LogP contribution in [0.2, 0.25) is 0 Å². The van der Waals surface area contributed by atoms with Crippen molar-refractivity contribution >= 4 is 17.4 Å². The number of pyridine rings is 1. The van der Waals surface area contributed by atoms with Crippen molar-refractivity contribution in [2.24, 2.45) is 0 Å². The van der Waals surface area contributed by atoms with Gasteiger partial charge in [-0.1, -0.05) is 0 Å². The van der Waals surface area contributed by atoms with Crippen LogP contribution >= 0.6 is 0 Å². The Kier molecular flexibility index (Phi) is 4.59. The van der Waals surface area contributed by atoms with Crippen LogP contribution in [0, 0.1) is 10.1 Å². The van der Waals surface area contributed by atoms with Crippen LogP contribution in [0.5, 0.6) is 0 Å². The van der Waals surface area contributed by atoms with Gasteiger partial charge in [0, 0.05) is 25.9 Å². The molecule has 1 rings (SSSR count). The Balaban J connectivity index is 2.75. The van der Waals surface area contributed by atoms with Crippen molar-refractivity contribution in [1.82, 2.24) is 9.88 Å². The maximum atomic E-state index is 11.8. The third-order valence-electron chi connectivity index (χ3n) is 2.54. The predicted molar refractivity (Wildman–Crippen MR) is 67.3 cm³/mol. The molecular weight excluding hydrogens is 236 g/mol. The lowest BCUT2D eigenvalue weighted by molar-refractivity contribution is -0.384. The second-order valence-corrected chi connectivity index (χ2v) is 3.87. The fraction of sp³-hybridized carbons (Fsp3) is 0.455. The highest BCUT2D eigenvalue weighted by Crippen LogP contribution is 2.15. The van der Waals surface area contributed by atoms with E-state index in [1.54, 1.807) is 18.9 Å². The molecule has 0 aliphatic heterocycles. The van der Waals surface area contributed by atoms with Crippen LogP contribution in [0.15, 0.2) is 18.3 Å². The molecule has 18 heavy (non-hydrogen) atoms. The van der Waals surface area contributed by atoms with Crippen LogP contribution in [-0.2, 0) is 4.79 Å². The lowest BCUT2D eigenvalue weighted by atomic mass is 10.3. The molecule has 7 nitrogen and oxygen atoms in total. The number of likely N-dealkylation sites (N-methyl/N-ethyl adjacent to an activating group) is 1. The van der Waals surface area contributed by atoms with E-state index in [-0.39, 0.29) is 11.6 Å². The summed E-state index contributed by atoms with van der Waals surface area (Å²) in [6.07, 6.45) is 1.33. The Bertz CT molecular complexity index is 450. The second kappa shape index (κ2) is 5.95. The molecule has 1 heterocycles. The summed E-state index contributed by atoms with van der Waals surface area (Å²) in [5.74, 6) is 0.223. The summed E-state index contributed by atoms with van der Waals surface area (Å²) in [5.41, 5.74) is -0.0593. The van der Waals surface area contributed by atoms with E-state index in [4.69, 9.17) is 0 Å². The van der Waals surface area contributed by atoms with Crippen molar-refractivity contribution in [2.45, 2.75) is 19.9 Å². The number of rotatable bonds is 5. The molecule has 0 aromatic carbocycles. The summed E-state index contributed by atoms with van der Waals surface area (Å²) in [6, 6.07) is 2.12. The van der Waals surface area contributed by atoms with E-state index in [1.807, 2.05) is 6.92 Å². The zero-order valence-corrected chi connectivity index (χ0v) is 10.6. The molecule has 1 amide bonds. The van der Waals surface area contributed by atoms with Crippen molar-refractivity contribution in [2.75, 3.05) is 18.9 Å². The number of amides is 1. The van der Waals surface area contributed by atoms with Crippen molar-refractivity contribution in [3.63, 3.8) is 0 Å². The Morgan fingerprint density at radius 3 is 2.89 bits per heavy atom. The molecule has 0 radical (unpaired) electrons. The molecule has 1 aromatic rings. The van der Waals surface area contributed by atoms with Crippen molar-refractivity contribution in [3.8, 4) is 0 Å². The highest BCUT2D eigenvalue weighted by Gasteiger charge is 2.17. The molecule has 0 aliphatic carbocycles.